The van der Waals surface area contributed by atoms with Gasteiger partial charge in [-0.3, -0.25) is 67.3 Å². The van der Waals surface area contributed by atoms with Gasteiger partial charge in [-0.2, -0.15) is 0 Å². The number of nitrogens with one attached hydrogen (secondary N) is 10. The van der Waals surface area contributed by atoms with Crippen LogP contribution in [0.5, 0.6) is 0 Å². The monoisotopic (exact) mass is 1370 g/mol. The number of hydrogen-bond acceptors (Lipinski definition) is 18. The Balaban J connectivity index is 7.14. The summed E-state index contributed by atoms with van der Waals surface area (Å²) in [6.07, 6.45) is -0.514. The summed E-state index contributed by atoms with van der Waals surface area (Å²) in [6.45, 7) is 17.7. The van der Waals surface area contributed by atoms with Crippen molar-refractivity contribution in [1.29, 1.82) is 0 Å². The summed E-state index contributed by atoms with van der Waals surface area (Å²) in [4.78, 5) is 193. The van der Waals surface area contributed by atoms with Crippen LogP contribution >= 0.6 is 0 Å². The standard InChI is InChI=1S/C62H114N18O16/c1-11-35(9)49(79-55(89)41(23-26-47(83)84)72-53(87)39(21-24-45(66)81)73-56(90)43(30-32(3)4)76-58(92)48(34(7)8)78-51(85)37(65)18-17-29-70-62(68)69)59(93)74-38(19-13-15-27-63)52(86)71-40(22-25-46(67)82)54(88)80-50(36(10)12-2)60(94)77-44(31-33(5)6)57(91)75-42(61(95)96)20-14-16-28-64/h32-44,48-50H,11-31,63-65H2,1-10H3,(H2,66,81)(H2,67,82)(H,71,86)(H,72,87)(H,73,90)(H,74,93)(H,75,91)(H,76,92)(H,77,94)(H,78,85)(H,79,89)(H,80,88)(H,83,84)(H,95,96)(H4,68,69,70)/t35-,36-,37-,38-,39-,40-,41-,42-,43-,44-,48-,49+,50-/m0/s1. The summed E-state index contributed by atoms with van der Waals surface area (Å²) in [7, 11) is 0. The van der Waals surface area contributed by atoms with E-state index in [0.717, 1.165) is 0 Å². The number of aliphatic carboxylic acids is 2. The second kappa shape index (κ2) is 46.8. The largest absolute Gasteiger partial charge is 0.481 e. The van der Waals surface area contributed by atoms with E-state index in [2.05, 4.69) is 58.2 Å². The van der Waals surface area contributed by atoms with Crippen molar-refractivity contribution in [2.45, 2.75) is 251 Å². The lowest BCUT2D eigenvalue weighted by atomic mass is 9.95. The summed E-state index contributed by atoms with van der Waals surface area (Å²) >= 11 is 0. The number of amides is 12. The molecule has 0 heterocycles. The second-order valence-corrected chi connectivity index (χ2v) is 25.6. The highest BCUT2D eigenvalue weighted by Crippen LogP contribution is 2.17. The number of unbranched alkanes of at least 4 members (excludes halogenated alkanes) is 2. The smallest absolute Gasteiger partial charge is 0.326 e. The van der Waals surface area contributed by atoms with Gasteiger partial charge in [0.15, 0.2) is 5.96 Å². The third kappa shape index (κ3) is 35.5. The maximum absolute atomic E-state index is 14.6. The zero-order valence-corrected chi connectivity index (χ0v) is 57.7. The molecule has 0 aromatic heterocycles. The Labute approximate surface area is 563 Å². The lowest BCUT2D eigenvalue weighted by Gasteiger charge is -2.30. The molecular formula is C62H114N18O16. The lowest BCUT2D eigenvalue weighted by Crippen LogP contribution is -2.62. The fourth-order valence-corrected chi connectivity index (χ4v) is 9.80. The molecule has 0 aliphatic rings. The van der Waals surface area contributed by atoms with Gasteiger partial charge in [0.05, 0.1) is 6.04 Å². The Kier molecular flexibility index (Phi) is 42.8. The average molecular weight is 1370 g/mol. The molecule has 26 N–H and O–H groups in total. The lowest BCUT2D eigenvalue weighted by molar-refractivity contribution is -0.142. The Morgan fingerprint density at radius 2 is 0.698 bits per heavy atom. The summed E-state index contributed by atoms with van der Waals surface area (Å²) in [5.74, 6) is -15.9. The van der Waals surface area contributed by atoms with Crippen molar-refractivity contribution in [3.63, 3.8) is 0 Å². The highest BCUT2D eigenvalue weighted by molar-refractivity contribution is 5.99. The van der Waals surface area contributed by atoms with Crippen molar-refractivity contribution < 1.29 is 77.3 Å². The molecule has 0 unspecified atom stereocenters. The number of carboxylic acid groups (broad SMARTS) is 2. The van der Waals surface area contributed by atoms with Gasteiger partial charge in [0.2, 0.25) is 70.9 Å². The number of carbonyl (C=O) groups excluding carboxylic acids is 12. The van der Waals surface area contributed by atoms with Crippen LogP contribution in [0.25, 0.3) is 0 Å². The number of carbonyl (C=O) groups is 14. The third-order valence-electron chi connectivity index (χ3n) is 15.9. The van der Waals surface area contributed by atoms with Gasteiger partial charge in [0.1, 0.15) is 60.4 Å². The van der Waals surface area contributed by atoms with E-state index in [9.17, 15) is 77.3 Å². The van der Waals surface area contributed by atoms with Crippen LogP contribution in [-0.4, -0.2) is 185 Å². The number of carboxylic acids is 2. The van der Waals surface area contributed by atoms with Crippen LogP contribution in [0.15, 0.2) is 4.99 Å². The van der Waals surface area contributed by atoms with Gasteiger partial charge in [-0.05, 0) is 126 Å². The van der Waals surface area contributed by atoms with Crippen LogP contribution < -0.4 is 93.3 Å². The molecule has 34 heteroatoms. The highest BCUT2D eigenvalue weighted by atomic mass is 16.4. The zero-order valence-electron chi connectivity index (χ0n) is 57.7. The first-order chi connectivity index (χ1) is 44.9. The molecule has 0 aliphatic carbocycles. The molecule has 96 heavy (non-hydrogen) atoms. The molecule has 13 atom stereocenters. The molecule has 0 saturated heterocycles. The highest BCUT2D eigenvalue weighted by Gasteiger charge is 2.39. The molecule has 0 aliphatic heterocycles. The van der Waals surface area contributed by atoms with Crippen molar-refractivity contribution in [3.05, 3.63) is 0 Å². The fraction of sp³-hybridized carbons (Fsp3) is 0.758. The van der Waals surface area contributed by atoms with Crippen molar-refractivity contribution in [2.75, 3.05) is 19.6 Å². The summed E-state index contributed by atoms with van der Waals surface area (Å²) < 4.78 is 0. The normalized spacial score (nSPS) is 15.3. The predicted molar refractivity (Wildman–Crippen MR) is 357 cm³/mol. The van der Waals surface area contributed by atoms with Crippen LogP contribution in [0, 0.1) is 29.6 Å². The minimum atomic E-state index is -1.74. The zero-order chi connectivity index (χ0) is 73.5. The average Bonchev–Trinajstić information content (AvgIpc) is 0.933. The van der Waals surface area contributed by atoms with Gasteiger partial charge in [0, 0.05) is 25.8 Å². The van der Waals surface area contributed by atoms with E-state index >= 15 is 0 Å². The first-order valence-electron chi connectivity index (χ1n) is 33.2. The summed E-state index contributed by atoms with van der Waals surface area (Å²) in [5.41, 5.74) is 39.2. The van der Waals surface area contributed by atoms with Crippen LogP contribution in [0.2, 0.25) is 0 Å². The summed E-state index contributed by atoms with van der Waals surface area (Å²) in [6, 6.07) is -15.5. The minimum Gasteiger partial charge on any atom is -0.481 e. The molecule has 548 valence electrons. The molecule has 0 rings (SSSR count). The SMILES string of the molecule is CC[C@H](C)[C@H](NC(=O)[C@H](CCC(N)=O)NC(=O)[C@H](CCCCN)NC(=O)[C@H](NC(=O)[C@H](CCC(=O)O)NC(=O)[C@H](CCC(N)=O)NC(=O)[C@H](CC(C)C)NC(=O)[C@@H](NC(=O)[C@@H](N)CCCN=C(N)N)C(C)C)[C@@H](C)CC)C(=O)N[C@@H](CC(C)C)C(=O)N[C@@H](CCCCN)C(=O)O. The summed E-state index contributed by atoms with van der Waals surface area (Å²) in [5, 5.41) is 45.4. The molecular weight excluding hydrogens is 1250 g/mol. The molecule has 0 aromatic rings. The molecule has 0 spiro atoms. The van der Waals surface area contributed by atoms with Crippen molar-refractivity contribution in [3.8, 4) is 0 Å². The van der Waals surface area contributed by atoms with Crippen LogP contribution in [0.1, 0.15) is 185 Å². The molecule has 0 saturated carbocycles. The van der Waals surface area contributed by atoms with E-state index in [0.29, 0.717) is 38.6 Å². The van der Waals surface area contributed by atoms with Gasteiger partial charge in [-0.25, -0.2) is 4.79 Å². The Bertz CT molecular complexity index is 2590. The Morgan fingerprint density at radius 3 is 1.04 bits per heavy atom. The predicted octanol–water partition coefficient (Wildman–Crippen LogP) is -3.21. The van der Waals surface area contributed by atoms with Gasteiger partial charge < -0.3 is 104 Å². The number of aliphatic imine (C=N–C) groups is 1. The van der Waals surface area contributed by atoms with Crippen molar-refractivity contribution >= 4 is 88.8 Å². The number of guanidine groups is 1. The molecule has 0 fully saturated rings. The Morgan fingerprint density at radius 1 is 0.375 bits per heavy atom. The van der Waals surface area contributed by atoms with Gasteiger partial charge >= 0.3 is 11.9 Å². The van der Waals surface area contributed by atoms with E-state index in [1.807, 2.05) is 0 Å². The molecule has 0 bridgehead atoms. The van der Waals surface area contributed by atoms with Crippen LogP contribution in [0.3, 0.4) is 0 Å². The van der Waals surface area contributed by atoms with Gasteiger partial charge in [-0.1, -0.05) is 82.1 Å². The maximum atomic E-state index is 14.6. The number of primary amides is 2. The minimum absolute atomic E-state index is 0.00595. The number of nitrogens with two attached hydrogens (primary N) is 7. The molecule has 12 amide bonds. The van der Waals surface area contributed by atoms with E-state index in [1.54, 1.807) is 69.2 Å². The van der Waals surface area contributed by atoms with E-state index < -0.39 is 206 Å². The number of nitrogens with zero attached hydrogens (tertiary/aromatic N) is 1. The fourth-order valence-electron chi connectivity index (χ4n) is 9.80. The van der Waals surface area contributed by atoms with E-state index in [4.69, 9.17) is 40.1 Å². The third-order valence-corrected chi connectivity index (χ3v) is 15.9. The van der Waals surface area contributed by atoms with Crippen LogP contribution in [0.4, 0.5) is 0 Å². The quantitative estimate of drug-likeness (QED) is 0.0162. The van der Waals surface area contributed by atoms with Crippen molar-refractivity contribution in [1.82, 2.24) is 53.2 Å². The second-order valence-electron chi connectivity index (χ2n) is 25.6. The molecule has 0 radical (unpaired) electrons. The molecule has 34 nitrogen and oxygen atoms in total. The topological polar surface area (TPSA) is 594 Å². The number of hydrogen-bond donors (Lipinski definition) is 19. The first-order valence-corrected chi connectivity index (χ1v) is 33.2. The van der Waals surface area contributed by atoms with E-state index in [1.165, 1.54) is 0 Å². The van der Waals surface area contributed by atoms with Crippen molar-refractivity contribution in [2.24, 2.45) is 74.7 Å². The number of rotatable bonds is 51. The Hall–Kier alpha value is -8.27. The van der Waals surface area contributed by atoms with Gasteiger partial charge in [-0.15, -0.1) is 0 Å². The van der Waals surface area contributed by atoms with Crippen LogP contribution in [-0.2, 0) is 67.1 Å². The van der Waals surface area contributed by atoms with E-state index in [-0.39, 0.29) is 75.8 Å². The first kappa shape index (κ1) is 87.7. The molecule has 0 aromatic carbocycles. The van der Waals surface area contributed by atoms with Gasteiger partial charge in [0.25, 0.3) is 0 Å². The maximum Gasteiger partial charge on any atom is 0.326 e.